The lowest BCUT2D eigenvalue weighted by atomic mass is 9.99. The first-order chi connectivity index (χ1) is 17.1. The maximum absolute atomic E-state index is 13.2. The molecule has 4 aromatic rings. The Kier molecular flexibility index (Phi) is 5.85. The predicted molar refractivity (Wildman–Crippen MR) is 129 cm³/mol. The van der Waals surface area contributed by atoms with Gasteiger partial charge in [0.2, 0.25) is 5.91 Å². The Hall–Kier alpha value is -4.02. The van der Waals surface area contributed by atoms with Gasteiger partial charge in [-0.2, -0.15) is 13.2 Å². The van der Waals surface area contributed by atoms with E-state index in [1.54, 1.807) is 42.5 Å². The Balaban J connectivity index is 1.59. The van der Waals surface area contributed by atoms with Crippen LogP contribution in [0.15, 0.2) is 42.7 Å². The van der Waals surface area contributed by atoms with Crippen molar-refractivity contribution in [1.82, 2.24) is 29.5 Å². The summed E-state index contributed by atoms with van der Waals surface area (Å²) in [6, 6.07) is 6.74. The summed E-state index contributed by atoms with van der Waals surface area (Å²) in [5, 5.41) is 12.4. The maximum Gasteiger partial charge on any atom is 0.416 e. The molecule has 1 atom stereocenters. The first-order valence-electron chi connectivity index (χ1n) is 11.5. The highest BCUT2D eigenvalue weighted by Crippen LogP contribution is 2.34. The third-order valence-corrected chi connectivity index (χ3v) is 6.41. The average Bonchev–Trinajstić information content (AvgIpc) is 3.34. The Morgan fingerprint density at radius 2 is 1.97 bits per heavy atom. The number of hydrogen-bond donors (Lipinski definition) is 1. The van der Waals surface area contributed by atoms with E-state index in [0.717, 1.165) is 23.3 Å². The largest absolute Gasteiger partial charge is 0.416 e. The zero-order valence-corrected chi connectivity index (χ0v) is 20.0. The number of rotatable bonds is 4. The first-order valence-corrected chi connectivity index (χ1v) is 11.5. The summed E-state index contributed by atoms with van der Waals surface area (Å²) in [6.07, 6.45) is -0.175. The molecule has 186 valence electrons. The summed E-state index contributed by atoms with van der Waals surface area (Å²) in [6.45, 7) is 6.20. The number of hydrogen-bond acceptors (Lipinski definition) is 6. The second-order valence-electron chi connectivity index (χ2n) is 8.87. The Morgan fingerprint density at radius 1 is 1.17 bits per heavy atom. The Bertz CT molecular complexity index is 1510. The fourth-order valence-electron chi connectivity index (χ4n) is 4.48. The SMILES string of the molecule is CC(=O)N1CC=C(c2cc3c(NC(C)c4cccc(C(F)(F)F)c4)nc(C)nc3n3cnnc23)CC1. The summed E-state index contributed by atoms with van der Waals surface area (Å²) in [5.41, 5.74) is 2.90. The number of pyridine rings is 1. The second-order valence-corrected chi connectivity index (χ2v) is 8.87. The van der Waals surface area contributed by atoms with Gasteiger partial charge >= 0.3 is 6.18 Å². The third-order valence-electron chi connectivity index (χ3n) is 6.41. The molecule has 0 aliphatic carbocycles. The molecule has 3 aromatic heterocycles. The van der Waals surface area contributed by atoms with Gasteiger partial charge in [0.05, 0.1) is 10.9 Å². The molecule has 1 aliphatic heterocycles. The van der Waals surface area contributed by atoms with Gasteiger partial charge in [0.15, 0.2) is 11.3 Å². The number of halogens is 3. The van der Waals surface area contributed by atoms with Crippen molar-refractivity contribution in [1.29, 1.82) is 0 Å². The van der Waals surface area contributed by atoms with E-state index in [9.17, 15) is 18.0 Å². The van der Waals surface area contributed by atoms with E-state index in [1.807, 2.05) is 12.1 Å². The molecule has 0 saturated heterocycles. The molecule has 1 aliphatic rings. The summed E-state index contributed by atoms with van der Waals surface area (Å²) in [5.74, 6) is 1.02. The van der Waals surface area contributed by atoms with Crippen LogP contribution in [-0.2, 0) is 11.0 Å². The summed E-state index contributed by atoms with van der Waals surface area (Å²) in [4.78, 5) is 22.7. The van der Waals surface area contributed by atoms with E-state index in [2.05, 4.69) is 25.5 Å². The molecule has 4 heterocycles. The van der Waals surface area contributed by atoms with Crippen LogP contribution in [0.1, 0.15) is 48.8 Å². The van der Waals surface area contributed by atoms with Crippen molar-refractivity contribution in [2.45, 2.75) is 39.4 Å². The number of alkyl halides is 3. The summed E-state index contributed by atoms with van der Waals surface area (Å²) in [7, 11) is 0. The predicted octanol–water partition coefficient (Wildman–Crippen LogP) is 4.81. The zero-order chi connectivity index (χ0) is 25.6. The molecule has 0 saturated carbocycles. The molecule has 0 spiro atoms. The molecule has 1 aromatic carbocycles. The van der Waals surface area contributed by atoms with Crippen LogP contribution in [0.5, 0.6) is 0 Å². The normalized spacial score (nSPS) is 15.3. The van der Waals surface area contributed by atoms with Crippen molar-refractivity contribution in [3.63, 3.8) is 0 Å². The summed E-state index contributed by atoms with van der Waals surface area (Å²) < 4.78 is 41.5. The number of nitrogens with one attached hydrogen (secondary N) is 1. The van der Waals surface area contributed by atoms with Crippen LogP contribution in [0.2, 0.25) is 0 Å². The van der Waals surface area contributed by atoms with Gasteiger partial charge in [0, 0.05) is 31.6 Å². The molecular weight excluding hydrogens is 471 g/mol. The van der Waals surface area contributed by atoms with Gasteiger partial charge in [0.25, 0.3) is 0 Å². The average molecular weight is 496 g/mol. The van der Waals surface area contributed by atoms with Gasteiger partial charge in [-0.3, -0.25) is 9.20 Å². The van der Waals surface area contributed by atoms with E-state index >= 15 is 0 Å². The minimum Gasteiger partial charge on any atom is -0.363 e. The number of aromatic nitrogens is 5. The van der Waals surface area contributed by atoms with Crippen molar-refractivity contribution in [3.8, 4) is 0 Å². The molecule has 0 radical (unpaired) electrons. The third kappa shape index (κ3) is 4.36. The van der Waals surface area contributed by atoms with Crippen molar-refractivity contribution in [2.75, 3.05) is 18.4 Å². The van der Waals surface area contributed by atoms with Crippen LogP contribution in [0.4, 0.5) is 19.0 Å². The number of amides is 1. The van der Waals surface area contributed by atoms with Crippen molar-refractivity contribution >= 4 is 34.0 Å². The smallest absolute Gasteiger partial charge is 0.363 e. The van der Waals surface area contributed by atoms with Crippen LogP contribution in [0.3, 0.4) is 0 Å². The van der Waals surface area contributed by atoms with Crippen LogP contribution in [0.25, 0.3) is 22.3 Å². The lowest BCUT2D eigenvalue weighted by Gasteiger charge is -2.25. The zero-order valence-electron chi connectivity index (χ0n) is 20.0. The van der Waals surface area contributed by atoms with Gasteiger partial charge in [-0.15, -0.1) is 10.2 Å². The number of carbonyl (C=O) groups excluding carboxylic acids is 1. The van der Waals surface area contributed by atoms with E-state index < -0.39 is 17.8 Å². The number of anilines is 1. The minimum absolute atomic E-state index is 0.0235. The summed E-state index contributed by atoms with van der Waals surface area (Å²) >= 11 is 0. The van der Waals surface area contributed by atoms with Gasteiger partial charge in [0.1, 0.15) is 18.0 Å². The molecule has 0 fully saturated rings. The van der Waals surface area contributed by atoms with Gasteiger partial charge in [-0.1, -0.05) is 18.2 Å². The highest BCUT2D eigenvalue weighted by atomic mass is 19.4. The first kappa shape index (κ1) is 23.7. The molecule has 11 heteroatoms. The molecule has 5 rings (SSSR count). The quantitative estimate of drug-likeness (QED) is 0.437. The number of carbonyl (C=O) groups is 1. The molecule has 36 heavy (non-hydrogen) atoms. The maximum atomic E-state index is 13.2. The number of benzene rings is 1. The monoisotopic (exact) mass is 495 g/mol. The molecule has 1 unspecified atom stereocenters. The van der Waals surface area contributed by atoms with Crippen molar-refractivity contribution in [3.05, 3.63) is 65.2 Å². The molecule has 1 amide bonds. The topological polar surface area (TPSA) is 88.3 Å². The lowest BCUT2D eigenvalue weighted by Crippen LogP contribution is -2.32. The molecule has 8 nitrogen and oxygen atoms in total. The highest BCUT2D eigenvalue weighted by molar-refractivity contribution is 5.94. The second kappa shape index (κ2) is 8.89. The van der Waals surface area contributed by atoms with Crippen LogP contribution < -0.4 is 5.32 Å². The van der Waals surface area contributed by atoms with Crippen LogP contribution in [0, 0.1) is 6.92 Å². The van der Waals surface area contributed by atoms with Crippen LogP contribution >= 0.6 is 0 Å². The lowest BCUT2D eigenvalue weighted by molar-refractivity contribution is -0.137. The number of nitrogens with zero attached hydrogens (tertiary/aromatic N) is 6. The number of aryl methyl sites for hydroxylation is 1. The van der Waals surface area contributed by atoms with Crippen molar-refractivity contribution in [2.24, 2.45) is 0 Å². The van der Waals surface area contributed by atoms with Crippen molar-refractivity contribution < 1.29 is 18.0 Å². The molecular formula is C25H24F3N7O. The Labute approximate surface area is 204 Å². The standard InChI is InChI=1S/C25H24F3N7O/c1-14(18-5-4-6-19(11-18)25(26,27)28)30-22-21-12-20(17-7-9-34(10-8-17)16(3)36)24-33-29-13-35(24)23(21)32-15(2)31-22/h4-7,11-14H,8-10H2,1-3H3,(H,30,31,32). The van der Waals surface area contributed by atoms with Crippen LogP contribution in [-0.4, -0.2) is 48.5 Å². The van der Waals surface area contributed by atoms with E-state index in [1.165, 1.54) is 6.07 Å². The minimum atomic E-state index is -4.42. The molecule has 1 N–H and O–H groups in total. The highest BCUT2D eigenvalue weighted by Gasteiger charge is 2.31. The van der Waals surface area contributed by atoms with E-state index in [-0.39, 0.29) is 5.91 Å². The van der Waals surface area contributed by atoms with E-state index in [4.69, 9.17) is 0 Å². The number of fused-ring (bicyclic) bond motifs is 3. The van der Waals surface area contributed by atoms with Gasteiger partial charge in [-0.05, 0) is 49.6 Å². The molecule has 0 bridgehead atoms. The fourth-order valence-corrected chi connectivity index (χ4v) is 4.48. The fraction of sp³-hybridized carbons (Fsp3) is 0.320. The van der Waals surface area contributed by atoms with Gasteiger partial charge < -0.3 is 10.2 Å². The Morgan fingerprint density at radius 3 is 2.67 bits per heavy atom. The van der Waals surface area contributed by atoms with E-state index in [0.29, 0.717) is 53.4 Å². The van der Waals surface area contributed by atoms with Gasteiger partial charge in [-0.25, -0.2) is 9.97 Å².